The summed E-state index contributed by atoms with van der Waals surface area (Å²) in [5, 5.41) is 3.66. The van der Waals surface area contributed by atoms with Crippen molar-refractivity contribution in [3.8, 4) is 0 Å². The van der Waals surface area contributed by atoms with E-state index < -0.39 is 0 Å². The van der Waals surface area contributed by atoms with Gasteiger partial charge in [-0.3, -0.25) is 0 Å². The van der Waals surface area contributed by atoms with Crippen LogP contribution in [-0.4, -0.2) is 37.1 Å². The SMILES string of the molecule is CCCNC(C)C1CCN(CCCc2ccccc2)CC1. The Kier molecular flexibility index (Phi) is 7.25. The molecule has 1 atom stereocenters. The average molecular weight is 288 g/mol. The van der Waals surface area contributed by atoms with E-state index in [1.165, 1.54) is 63.8 Å². The van der Waals surface area contributed by atoms with E-state index in [1.807, 2.05) is 0 Å². The van der Waals surface area contributed by atoms with E-state index >= 15 is 0 Å². The fourth-order valence-electron chi connectivity index (χ4n) is 3.37. The third kappa shape index (κ3) is 5.80. The van der Waals surface area contributed by atoms with Crippen LogP contribution >= 0.6 is 0 Å². The van der Waals surface area contributed by atoms with Crippen LogP contribution in [0, 0.1) is 5.92 Å². The van der Waals surface area contributed by atoms with Gasteiger partial charge in [-0.25, -0.2) is 0 Å². The molecule has 1 aliphatic heterocycles. The van der Waals surface area contributed by atoms with Crippen LogP contribution in [0.5, 0.6) is 0 Å². The lowest BCUT2D eigenvalue weighted by atomic mass is 9.90. The van der Waals surface area contributed by atoms with Crippen molar-refractivity contribution < 1.29 is 0 Å². The van der Waals surface area contributed by atoms with Crippen LogP contribution in [0.15, 0.2) is 30.3 Å². The predicted molar refractivity (Wildman–Crippen MR) is 91.7 cm³/mol. The summed E-state index contributed by atoms with van der Waals surface area (Å²) < 4.78 is 0. The molecule has 0 amide bonds. The van der Waals surface area contributed by atoms with Crippen molar-refractivity contribution in [2.45, 2.75) is 52.0 Å². The number of benzene rings is 1. The molecule has 118 valence electrons. The van der Waals surface area contributed by atoms with Crippen LogP contribution in [0.2, 0.25) is 0 Å². The van der Waals surface area contributed by atoms with E-state index in [-0.39, 0.29) is 0 Å². The molecule has 1 saturated heterocycles. The lowest BCUT2D eigenvalue weighted by molar-refractivity contribution is 0.161. The van der Waals surface area contributed by atoms with Crippen molar-refractivity contribution in [2.24, 2.45) is 5.92 Å². The lowest BCUT2D eigenvalue weighted by Crippen LogP contribution is -2.42. The minimum absolute atomic E-state index is 0.691. The van der Waals surface area contributed by atoms with Crippen molar-refractivity contribution in [2.75, 3.05) is 26.2 Å². The zero-order chi connectivity index (χ0) is 14.9. The molecule has 0 spiro atoms. The molecule has 21 heavy (non-hydrogen) atoms. The minimum Gasteiger partial charge on any atom is -0.314 e. The van der Waals surface area contributed by atoms with Crippen LogP contribution in [0.1, 0.15) is 45.1 Å². The van der Waals surface area contributed by atoms with Gasteiger partial charge in [-0.2, -0.15) is 0 Å². The number of hydrogen-bond donors (Lipinski definition) is 1. The maximum Gasteiger partial charge on any atom is 0.00679 e. The van der Waals surface area contributed by atoms with E-state index in [9.17, 15) is 0 Å². The van der Waals surface area contributed by atoms with Gasteiger partial charge in [-0.15, -0.1) is 0 Å². The second-order valence-electron chi connectivity index (χ2n) is 6.51. The van der Waals surface area contributed by atoms with Crippen LogP contribution in [0.25, 0.3) is 0 Å². The Labute approximate surface area is 130 Å². The minimum atomic E-state index is 0.691. The van der Waals surface area contributed by atoms with Gasteiger partial charge in [0.25, 0.3) is 0 Å². The fraction of sp³-hybridized carbons (Fsp3) is 0.684. The summed E-state index contributed by atoms with van der Waals surface area (Å²) in [5.41, 5.74) is 1.48. The van der Waals surface area contributed by atoms with Crippen LogP contribution in [-0.2, 0) is 6.42 Å². The van der Waals surface area contributed by atoms with Crippen LogP contribution in [0.3, 0.4) is 0 Å². The molecular weight excluding hydrogens is 256 g/mol. The van der Waals surface area contributed by atoms with Crippen molar-refractivity contribution in [3.05, 3.63) is 35.9 Å². The first-order valence-corrected chi connectivity index (χ1v) is 8.79. The van der Waals surface area contributed by atoms with Gasteiger partial charge in [0.15, 0.2) is 0 Å². The van der Waals surface area contributed by atoms with Gasteiger partial charge in [0.1, 0.15) is 0 Å². The molecule has 1 fully saturated rings. The number of nitrogens with zero attached hydrogens (tertiary/aromatic N) is 1. The van der Waals surface area contributed by atoms with E-state index in [4.69, 9.17) is 0 Å². The lowest BCUT2D eigenvalue weighted by Gasteiger charge is -2.35. The fourth-order valence-corrected chi connectivity index (χ4v) is 3.37. The molecule has 2 rings (SSSR count). The van der Waals surface area contributed by atoms with Gasteiger partial charge in [0.2, 0.25) is 0 Å². The highest BCUT2D eigenvalue weighted by Crippen LogP contribution is 2.21. The van der Waals surface area contributed by atoms with E-state index in [0.717, 1.165) is 5.92 Å². The third-order valence-electron chi connectivity index (χ3n) is 4.84. The average Bonchev–Trinajstić information content (AvgIpc) is 2.54. The second kappa shape index (κ2) is 9.22. The monoisotopic (exact) mass is 288 g/mol. The standard InChI is InChI=1S/C19H32N2/c1-3-13-20-17(2)19-11-15-21(16-12-19)14-7-10-18-8-5-4-6-9-18/h4-6,8-9,17,19-20H,3,7,10-16H2,1-2H3. The highest BCUT2D eigenvalue weighted by molar-refractivity contribution is 5.14. The van der Waals surface area contributed by atoms with E-state index in [1.54, 1.807) is 0 Å². The van der Waals surface area contributed by atoms with Crippen molar-refractivity contribution >= 4 is 0 Å². The smallest absolute Gasteiger partial charge is 0.00679 e. The molecular formula is C19H32N2. The molecule has 1 aromatic rings. The largest absolute Gasteiger partial charge is 0.314 e. The second-order valence-corrected chi connectivity index (χ2v) is 6.51. The van der Waals surface area contributed by atoms with Gasteiger partial charge in [0.05, 0.1) is 0 Å². The topological polar surface area (TPSA) is 15.3 Å². The highest BCUT2D eigenvalue weighted by Gasteiger charge is 2.22. The summed E-state index contributed by atoms with van der Waals surface area (Å²) in [6, 6.07) is 11.6. The van der Waals surface area contributed by atoms with Gasteiger partial charge in [0, 0.05) is 6.04 Å². The summed E-state index contributed by atoms with van der Waals surface area (Å²) in [5.74, 6) is 0.877. The first-order chi connectivity index (χ1) is 10.3. The molecule has 2 nitrogen and oxygen atoms in total. The Morgan fingerprint density at radius 2 is 1.90 bits per heavy atom. The zero-order valence-corrected chi connectivity index (χ0v) is 13.9. The van der Waals surface area contributed by atoms with E-state index in [0.29, 0.717) is 6.04 Å². The Morgan fingerprint density at radius 3 is 2.57 bits per heavy atom. The number of nitrogens with one attached hydrogen (secondary N) is 1. The molecule has 0 bridgehead atoms. The molecule has 0 aliphatic carbocycles. The molecule has 2 heteroatoms. The summed E-state index contributed by atoms with van der Waals surface area (Å²) >= 11 is 0. The predicted octanol–water partition coefficient (Wildman–Crippen LogP) is 3.72. The highest BCUT2D eigenvalue weighted by atomic mass is 15.1. The first-order valence-electron chi connectivity index (χ1n) is 8.79. The Balaban J connectivity index is 1.60. The van der Waals surface area contributed by atoms with Gasteiger partial charge in [-0.05, 0) is 76.7 Å². The number of likely N-dealkylation sites (tertiary alicyclic amines) is 1. The molecule has 0 radical (unpaired) electrons. The maximum absolute atomic E-state index is 3.66. The Morgan fingerprint density at radius 1 is 1.19 bits per heavy atom. The molecule has 1 aliphatic rings. The van der Waals surface area contributed by atoms with Crippen molar-refractivity contribution in [1.29, 1.82) is 0 Å². The van der Waals surface area contributed by atoms with Crippen molar-refractivity contribution in [1.82, 2.24) is 10.2 Å². The summed E-state index contributed by atoms with van der Waals surface area (Å²) in [6.07, 6.45) is 6.47. The molecule has 1 heterocycles. The Hall–Kier alpha value is -0.860. The summed E-state index contributed by atoms with van der Waals surface area (Å²) in [7, 11) is 0. The van der Waals surface area contributed by atoms with Gasteiger partial charge in [-0.1, -0.05) is 37.3 Å². The summed E-state index contributed by atoms with van der Waals surface area (Å²) in [4.78, 5) is 2.66. The Bertz CT molecular complexity index is 368. The van der Waals surface area contributed by atoms with Gasteiger partial charge < -0.3 is 10.2 Å². The normalized spacial score (nSPS) is 18.8. The zero-order valence-electron chi connectivity index (χ0n) is 13.9. The maximum atomic E-state index is 3.66. The number of aryl methyl sites for hydroxylation is 1. The number of rotatable bonds is 8. The van der Waals surface area contributed by atoms with E-state index in [2.05, 4.69) is 54.4 Å². The molecule has 0 saturated carbocycles. The molecule has 1 N–H and O–H groups in total. The van der Waals surface area contributed by atoms with Crippen molar-refractivity contribution in [3.63, 3.8) is 0 Å². The molecule has 0 aromatic heterocycles. The first kappa shape index (κ1) is 16.5. The third-order valence-corrected chi connectivity index (χ3v) is 4.84. The van der Waals surface area contributed by atoms with Crippen LogP contribution in [0.4, 0.5) is 0 Å². The molecule has 1 aromatic carbocycles. The molecule has 1 unspecified atom stereocenters. The summed E-state index contributed by atoms with van der Waals surface area (Å²) in [6.45, 7) is 9.62. The van der Waals surface area contributed by atoms with Gasteiger partial charge >= 0.3 is 0 Å². The quantitative estimate of drug-likeness (QED) is 0.784. The number of piperidine rings is 1. The van der Waals surface area contributed by atoms with Crippen LogP contribution < -0.4 is 5.32 Å². The number of hydrogen-bond acceptors (Lipinski definition) is 2.